The van der Waals surface area contributed by atoms with E-state index in [0.717, 1.165) is 36.8 Å². The predicted octanol–water partition coefficient (Wildman–Crippen LogP) is 6.61. The largest absolute Gasteiger partial charge is 0.416 e. The standard InChI is InChI=1S/C41H44F6N4O5S2/c1-57(53,54)37-15-5-3-13-33(37)35(27-48-17-21-50(22-18-48)31-11-7-9-29(25-31)40(42,43)44)39(52)36(34-14-4-6-16-38(34)58(2,55)56)28-49-19-23-51(24-20-49)32-12-8-10-30(26-32)41(45,46)47/h3-16,25-26,35-36H,17-24,27-28H2,1-2H3. The van der Waals surface area contributed by atoms with Crippen molar-refractivity contribution in [1.29, 1.82) is 0 Å². The second kappa shape index (κ2) is 17.0. The van der Waals surface area contributed by atoms with Crippen LogP contribution < -0.4 is 9.80 Å². The third kappa shape index (κ3) is 10.2. The van der Waals surface area contributed by atoms with Crippen molar-refractivity contribution in [1.82, 2.24) is 9.80 Å². The van der Waals surface area contributed by atoms with E-state index in [1.165, 1.54) is 24.3 Å². The molecule has 2 unspecified atom stereocenters. The Morgan fingerprint density at radius 2 is 0.879 bits per heavy atom. The summed E-state index contributed by atoms with van der Waals surface area (Å²) in [6.07, 6.45) is -6.94. The van der Waals surface area contributed by atoms with E-state index in [9.17, 15) is 43.2 Å². The number of Topliss-reactive ketones (excluding diaryl/α,β-unsaturated/α-hetero) is 1. The number of piperazine rings is 2. The van der Waals surface area contributed by atoms with Crippen molar-refractivity contribution in [2.24, 2.45) is 0 Å². The molecule has 2 heterocycles. The zero-order valence-electron chi connectivity index (χ0n) is 31.9. The number of carbonyl (C=O) groups excluding carboxylic acids is 1. The topological polar surface area (TPSA) is 98.3 Å². The Balaban J connectivity index is 1.31. The van der Waals surface area contributed by atoms with Crippen molar-refractivity contribution >= 4 is 36.8 Å². The van der Waals surface area contributed by atoms with Crippen LogP contribution in [0.25, 0.3) is 0 Å². The number of carbonyl (C=O) groups is 1. The average molecular weight is 851 g/mol. The van der Waals surface area contributed by atoms with Crippen LogP contribution in [0.15, 0.2) is 107 Å². The molecule has 6 rings (SSSR count). The van der Waals surface area contributed by atoms with Crippen LogP contribution in [0.1, 0.15) is 34.1 Å². The SMILES string of the molecule is CS(=O)(=O)c1ccccc1C(CN1CCN(c2cccc(C(F)(F)F)c2)CC1)C(=O)C(CN1CCN(c2cccc(C(F)(F)F)c2)CC1)c1ccccc1S(C)(=O)=O. The summed E-state index contributed by atoms with van der Waals surface area (Å²) < 4.78 is 134. The Bertz CT molecular complexity index is 2160. The molecule has 4 aromatic carbocycles. The van der Waals surface area contributed by atoms with Gasteiger partial charge >= 0.3 is 12.4 Å². The molecule has 17 heteroatoms. The quantitative estimate of drug-likeness (QED) is 0.146. The predicted molar refractivity (Wildman–Crippen MR) is 210 cm³/mol. The lowest BCUT2D eigenvalue weighted by Gasteiger charge is -2.40. The molecular formula is C41H44F6N4O5S2. The number of ketones is 1. The fourth-order valence-corrected chi connectivity index (χ4v) is 9.72. The molecule has 2 atom stereocenters. The first-order chi connectivity index (χ1) is 27.2. The maximum absolute atomic E-state index is 15.3. The van der Waals surface area contributed by atoms with Gasteiger partial charge in [-0.3, -0.25) is 14.6 Å². The molecule has 0 radical (unpaired) electrons. The van der Waals surface area contributed by atoms with E-state index in [0.29, 0.717) is 63.7 Å². The van der Waals surface area contributed by atoms with Gasteiger partial charge in [0.05, 0.1) is 32.8 Å². The second-order valence-electron chi connectivity index (χ2n) is 14.8. The highest BCUT2D eigenvalue weighted by atomic mass is 32.2. The zero-order chi connectivity index (χ0) is 42.0. The Hall–Kier alpha value is -4.45. The molecule has 0 spiro atoms. The molecular weight excluding hydrogens is 807 g/mol. The first kappa shape index (κ1) is 43.1. The second-order valence-corrected chi connectivity index (χ2v) is 18.8. The number of hydrogen-bond acceptors (Lipinski definition) is 9. The summed E-state index contributed by atoms with van der Waals surface area (Å²) in [4.78, 5) is 22.7. The Morgan fingerprint density at radius 1 is 0.534 bits per heavy atom. The smallest absolute Gasteiger partial charge is 0.369 e. The van der Waals surface area contributed by atoms with Crippen molar-refractivity contribution in [3.05, 3.63) is 119 Å². The van der Waals surface area contributed by atoms with Crippen molar-refractivity contribution in [3.63, 3.8) is 0 Å². The molecule has 0 saturated carbocycles. The number of alkyl halides is 6. The Morgan fingerprint density at radius 3 is 1.21 bits per heavy atom. The van der Waals surface area contributed by atoms with Gasteiger partial charge in [-0.15, -0.1) is 0 Å². The summed E-state index contributed by atoms with van der Waals surface area (Å²) in [5, 5.41) is 0. The summed E-state index contributed by atoms with van der Waals surface area (Å²) in [7, 11) is -7.72. The van der Waals surface area contributed by atoms with Crippen LogP contribution in [0.3, 0.4) is 0 Å². The van der Waals surface area contributed by atoms with Crippen LogP contribution in [-0.2, 0) is 36.8 Å². The van der Waals surface area contributed by atoms with Crippen LogP contribution in [0, 0.1) is 0 Å². The van der Waals surface area contributed by atoms with Crippen molar-refractivity contribution in [2.45, 2.75) is 34.0 Å². The molecule has 0 N–H and O–H groups in total. The lowest BCUT2D eigenvalue weighted by molar-refractivity contribution is -0.138. The minimum Gasteiger partial charge on any atom is -0.369 e. The van der Waals surface area contributed by atoms with E-state index in [1.807, 2.05) is 19.6 Å². The Kier molecular flexibility index (Phi) is 12.7. The third-order valence-corrected chi connectivity index (χ3v) is 13.1. The lowest BCUT2D eigenvalue weighted by Crippen LogP contribution is -2.50. The number of halogens is 6. The van der Waals surface area contributed by atoms with Gasteiger partial charge < -0.3 is 9.80 Å². The van der Waals surface area contributed by atoms with E-state index >= 15 is 4.79 Å². The summed E-state index contributed by atoms with van der Waals surface area (Å²) in [6, 6.07) is 22.4. The van der Waals surface area contributed by atoms with E-state index in [-0.39, 0.29) is 34.0 Å². The summed E-state index contributed by atoms with van der Waals surface area (Å²) in [5.41, 5.74) is -0.260. The van der Waals surface area contributed by atoms with Crippen LogP contribution in [0.2, 0.25) is 0 Å². The molecule has 2 saturated heterocycles. The highest BCUT2D eigenvalue weighted by molar-refractivity contribution is 7.91. The van der Waals surface area contributed by atoms with E-state index in [2.05, 4.69) is 0 Å². The number of hydrogen-bond donors (Lipinski definition) is 0. The fourth-order valence-electron chi connectivity index (χ4n) is 7.79. The molecule has 2 fully saturated rings. The molecule has 2 aliphatic rings. The van der Waals surface area contributed by atoms with Crippen LogP contribution in [0.4, 0.5) is 37.7 Å². The van der Waals surface area contributed by atoms with Gasteiger partial charge in [0.15, 0.2) is 19.7 Å². The number of nitrogens with zero attached hydrogens (tertiary/aromatic N) is 4. The minimum absolute atomic E-state index is 0.0443. The average Bonchev–Trinajstić information content (AvgIpc) is 3.18. The summed E-state index contributed by atoms with van der Waals surface area (Å²) in [5.74, 6) is -2.57. The molecule has 0 aromatic heterocycles. The molecule has 0 amide bonds. The number of rotatable bonds is 12. The highest BCUT2D eigenvalue weighted by Crippen LogP contribution is 2.37. The summed E-state index contributed by atoms with van der Waals surface area (Å²) >= 11 is 0. The number of sulfone groups is 2. The van der Waals surface area contributed by atoms with Crippen molar-refractivity contribution < 1.29 is 48.0 Å². The van der Waals surface area contributed by atoms with E-state index < -0.39 is 60.8 Å². The molecule has 312 valence electrons. The molecule has 58 heavy (non-hydrogen) atoms. The molecule has 9 nitrogen and oxygen atoms in total. The third-order valence-electron chi connectivity index (χ3n) is 10.8. The molecule has 0 bridgehead atoms. The zero-order valence-corrected chi connectivity index (χ0v) is 33.5. The lowest BCUT2D eigenvalue weighted by atomic mass is 9.82. The summed E-state index contributed by atoms with van der Waals surface area (Å²) in [6.45, 7) is 2.74. The first-order valence-corrected chi connectivity index (χ1v) is 22.4. The molecule has 0 aliphatic carbocycles. The van der Waals surface area contributed by atoms with E-state index in [4.69, 9.17) is 0 Å². The van der Waals surface area contributed by atoms with Crippen molar-refractivity contribution in [2.75, 3.05) is 87.8 Å². The fraction of sp³-hybridized carbons (Fsp3) is 0.390. The van der Waals surface area contributed by atoms with Gasteiger partial charge in [0.1, 0.15) is 5.78 Å². The highest BCUT2D eigenvalue weighted by Gasteiger charge is 2.38. The van der Waals surface area contributed by atoms with Gasteiger partial charge in [0.2, 0.25) is 0 Å². The minimum atomic E-state index is -4.51. The monoisotopic (exact) mass is 850 g/mol. The van der Waals surface area contributed by atoms with Gasteiger partial charge in [-0.05, 0) is 59.7 Å². The van der Waals surface area contributed by atoms with Gasteiger partial charge in [0.25, 0.3) is 0 Å². The number of anilines is 2. The normalized spacial score (nSPS) is 17.6. The Labute approximate surface area is 334 Å². The van der Waals surface area contributed by atoms with Crippen LogP contribution in [-0.4, -0.2) is 110 Å². The maximum atomic E-state index is 15.3. The maximum Gasteiger partial charge on any atom is 0.416 e. The van der Waals surface area contributed by atoms with E-state index in [1.54, 1.807) is 48.5 Å². The van der Waals surface area contributed by atoms with Gasteiger partial charge in [-0.2, -0.15) is 26.3 Å². The molecule has 2 aliphatic heterocycles. The van der Waals surface area contributed by atoms with Crippen molar-refractivity contribution in [3.8, 4) is 0 Å². The number of benzene rings is 4. The van der Waals surface area contributed by atoms with Crippen LogP contribution >= 0.6 is 0 Å². The van der Waals surface area contributed by atoms with Crippen LogP contribution in [0.5, 0.6) is 0 Å². The first-order valence-electron chi connectivity index (χ1n) is 18.6. The van der Waals surface area contributed by atoms with Gasteiger partial charge in [-0.25, -0.2) is 16.8 Å². The van der Waals surface area contributed by atoms with Gasteiger partial charge in [-0.1, -0.05) is 48.5 Å². The molecule has 4 aromatic rings. The van der Waals surface area contributed by atoms with Gasteiger partial charge in [0, 0.05) is 89.3 Å².